The molecule has 0 atom stereocenters. The van der Waals surface area contributed by atoms with Gasteiger partial charge in [-0.1, -0.05) is 6.07 Å². The Bertz CT molecular complexity index is 323. The van der Waals surface area contributed by atoms with E-state index in [1.54, 1.807) is 12.1 Å². The molecule has 0 heterocycles. The topological polar surface area (TPSA) is 41.5 Å². The molecule has 0 saturated heterocycles. The molecule has 0 aromatic heterocycles. The van der Waals surface area contributed by atoms with Crippen molar-refractivity contribution in [3.63, 3.8) is 0 Å². The van der Waals surface area contributed by atoms with Crippen LogP contribution < -0.4 is 5.32 Å². The van der Waals surface area contributed by atoms with Crippen LogP contribution in [0.4, 0.5) is 4.39 Å². The molecule has 3 nitrogen and oxygen atoms in total. The van der Waals surface area contributed by atoms with Crippen LogP contribution in [0.3, 0.4) is 0 Å². The van der Waals surface area contributed by atoms with Crippen LogP contribution in [0.2, 0.25) is 0 Å². The molecule has 0 bridgehead atoms. The first kappa shape index (κ1) is 13.6. The van der Waals surface area contributed by atoms with Gasteiger partial charge in [-0.3, -0.25) is 0 Å². The summed E-state index contributed by atoms with van der Waals surface area (Å²) >= 11 is 3.13. The number of halogens is 2. The summed E-state index contributed by atoms with van der Waals surface area (Å²) in [5, 5.41) is 11.6. The van der Waals surface area contributed by atoms with Crippen molar-refractivity contribution in [3.8, 4) is 0 Å². The number of nitrogens with one attached hydrogen (secondary N) is 1. The minimum atomic E-state index is -0.255. The average Bonchev–Trinajstić information content (AvgIpc) is 2.28. The van der Waals surface area contributed by atoms with E-state index in [0.29, 0.717) is 30.8 Å². The number of rotatable bonds is 7. The maximum Gasteiger partial charge on any atom is 0.137 e. The van der Waals surface area contributed by atoms with Gasteiger partial charge in [-0.2, -0.15) is 0 Å². The second-order valence-corrected chi connectivity index (χ2v) is 4.12. The molecule has 1 rings (SSSR count). The normalized spacial score (nSPS) is 10.7. The summed E-state index contributed by atoms with van der Waals surface area (Å²) in [5.41, 5.74) is 1.01. The first-order valence-electron chi connectivity index (χ1n) is 5.07. The van der Waals surface area contributed by atoms with E-state index in [-0.39, 0.29) is 12.4 Å². The minimum Gasteiger partial charge on any atom is -0.394 e. The maximum atomic E-state index is 12.9. The van der Waals surface area contributed by atoms with E-state index in [4.69, 9.17) is 9.84 Å². The molecule has 0 spiro atoms. The van der Waals surface area contributed by atoms with Gasteiger partial charge >= 0.3 is 0 Å². The highest BCUT2D eigenvalue weighted by Crippen LogP contribution is 2.16. The number of aliphatic hydroxyl groups is 1. The van der Waals surface area contributed by atoms with Crippen molar-refractivity contribution in [2.24, 2.45) is 0 Å². The lowest BCUT2D eigenvalue weighted by Gasteiger charge is -2.06. The Morgan fingerprint density at radius 1 is 1.38 bits per heavy atom. The Morgan fingerprint density at radius 3 is 2.88 bits per heavy atom. The number of hydrogen-bond donors (Lipinski definition) is 2. The van der Waals surface area contributed by atoms with Gasteiger partial charge in [0.1, 0.15) is 5.82 Å². The molecule has 0 aliphatic rings. The largest absolute Gasteiger partial charge is 0.394 e. The van der Waals surface area contributed by atoms with Gasteiger partial charge in [0.2, 0.25) is 0 Å². The predicted octanol–water partition coefficient (Wildman–Crippen LogP) is 1.69. The van der Waals surface area contributed by atoms with Gasteiger partial charge in [-0.15, -0.1) is 0 Å². The molecule has 0 radical (unpaired) electrons. The summed E-state index contributed by atoms with van der Waals surface area (Å²) in [6.07, 6.45) is 0. The van der Waals surface area contributed by atoms with E-state index in [1.165, 1.54) is 6.07 Å². The van der Waals surface area contributed by atoms with Crippen LogP contribution in [0.5, 0.6) is 0 Å². The predicted molar refractivity (Wildman–Crippen MR) is 63.7 cm³/mol. The fourth-order valence-electron chi connectivity index (χ4n) is 1.19. The summed E-state index contributed by atoms with van der Waals surface area (Å²) in [6, 6.07) is 4.92. The molecule has 0 aliphatic carbocycles. The van der Waals surface area contributed by atoms with Crippen molar-refractivity contribution in [3.05, 3.63) is 34.1 Å². The van der Waals surface area contributed by atoms with Crippen molar-refractivity contribution in [1.29, 1.82) is 0 Å². The molecule has 2 N–H and O–H groups in total. The first-order chi connectivity index (χ1) is 7.74. The minimum absolute atomic E-state index is 0.0465. The Morgan fingerprint density at radius 2 is 2.19 bits per heavy atom. The van der Waals surface area contributed by atoms with Crippen LogP contribution >= 0.6 is 15.9 Å². The molecule has 0 saturated carbocycles. The molecule has 0 unspecified atom stereocenters. The molecular formula is C11H15BrFNO2. The lowest BCUT2D eigenvalue weighted by atomic mass is 10.2. The Balaban J connectivity index is 2.19. The van der Waals surface area contributed by atoms with Gasteiger partial charge in [-0.05, 0) is 33.6 Å². The number of ether oxygens (including phenoxy) is 1. The molecule has 0 fully saturated rings. The van der Waals surface area contributed by atoms with Gasteiger partial charge in [0.15, 0.2) is 0 Å². The van der Waals surface area contributed by atoms with E-state index in [1.807, 2.05) is 0 Å². The zero-order valence-corrected chi connectivity index (χ0v) is 10.5. The summed E-state index contributed by atoms with van der Waals surface area (Å²) in [6.45, 7) is 2.34. The zero-order chi connectivity index (χ0) is 11.8. The second-order valence-electron chi connectivity index (χ2n) is 3.26. The summed E-state index contributed by atoms with van der Waals surface area (Å²) < 4.78 is 18.5. The van der Waals surface area contributed by atoms with Crippen LogP contribution in [0.15, 0.2) is 22.7 Å². The van der Waals surface area contributed by atoms with Gasteiger partial charge in [-0.25, -0.2) is 4.39 Å². The molecule has 1 aromatic carbocycles. The lowest BCUT2D eigenvalue weighted by Crippen LogP contribution is -2.20. The van der Waals surface area contributed by atoms with Crippen LogP contribution in [0.25, 0.3) is 0 Å². The van der Waals surface area contributed by atoms with E-state index in [0.717, 1.165) is 5.56 Å². The van der Waals surface area contributed by atoms with Crippen molar-refractivity contribution in [1.82, 2.24) is 5.32 Å². The zero-order valence-electron chi connectivity index (χ0n) is 8.88. The van der Waals surface area contributed by atoms with E-state index >= 15 is 0 Å². The van der Waals surface area contributed by atoms with Crippen molar-refractivity contribution in [2.75, 3.05) is 26.4 Å². The monoisotopic (exact) mass is 291 g/mol. The standard InChI is InChI=1S/C11H15BrFNO2/c12-10-7-9(1-2-11(10)13)8-14-3-5-16-6-4-15/h1-2,7,14-15H,3-6,8H2. The summed E-state index contributed by atoms with van der Waals surface area (Å²) in [7, 11) is 0. The highest BCUT2D eigenvalue weighted by Gasteiger charge is 1.99. The van der Waals surface area contributed by atoms with Gasteiger partial charge in [0, 0.05) is 13.1 Å². The summed E-state index contributed by atoms with van der Waals surface area (Å²) in [5.74, 6) is -0.255. The van der Waals surface area contributed by atoms with E-state index in [9.17, 15) is 4.39 Å². The molecule has 1 aromatic rings. The quantitative estimate of drug-likeness (QED) is 0.751. The third kappa shape index (κ3) is 5.03. The highest BCUT2D eigenvalue weighted by molar-refractivity contribution is 9.10. The maximum absolute atomic E-state index is 12.9. The molecular weight excluding hydrogens is 277 g/mol. The van der Waals surface area contributed by atoms with Crippen molar-refractivity contribution in [2.45, 2.75) is 6.54 Å². The Labute approximate surface area is 103 Å². The van der Waals surface area contributed by atoms with Gasteiger partial charge < -0.3 is 15.2 Å². The smallest absolute Gasteiger partial charge is 0.137 e. The second kappa shape index (κ2) is 7.73. The Kier molecular flexibility index (Phi) is 6.56. The van der Waals surface area contributed by atoms with E-state index < -0.39 is 0 Å². The fourth-order valence-corrected chi connectivity index (χ4v) is 1.62. The molecule has 90 valence electrons. The first-order valence-corrected chi connectivity index (χ1v) is 5.86. The summed E-state index contributed by atoms with van der Waals surface area (Å²) in [4.78, 5) is 0. The number of hydrogen-bond acceptors (Lipinski definition) is 3. The number of aliphatic hydroxyl groups excluding tert-OH is 1. The average molecular weight is 292 g/mol. The van der Waals surface area contributed by atoms with Crippen molar-refractivity contribution < 1.29 is 14.2 Å². The van der Waals surface area contributed by atoms with Crippen LogP contribution in [-0.4, -0.2) is 31.5 Å². The van der Waals surface area contributed by atoms with Crippen molar-refractivity contribution >= 4 is 15.9 Å². The fraction of sp³-hybridized carbons (Fsp3) is 0.455. The Hall–Kier alpha value is -0.490. The highest BCUT2D eigenvalue weighted by atomic mass is 79.9. The molecule has 16 heavy (non-hydrogen) atoms. The molecule has 0 amide bonds. The van der Waals surface area contributed by atoms with Gasteiger partial charge in [0.25, 0.3) is 0 Å². The van der Waals surface area contributed by atoms with Crippen LogP contribution in [0, 0.1) is 5.82 Å². The molecule has 0 aliphatic heterocycles. The van der Waals surface area contributed by atoms with Crippen LogP contribution in [-0.2, 0) is 11.3 Å². The van der Waals surface area contributed by atoms with Gasteiger partial charge in [0.05, 0.1) is 24.3 Å². The lowest BCUT2D eigenvalue weighted by molar-refractivity contribution is 0.0938. The SMILES string of the molecule is OCCOCCNCc1ccc(F)c(Br)c1. The molecule has 5 heteroatoms. The third-order valence-electron chi connectivity index (χ3n) is 1.97. The third-order valence-corrected chi connectivity index (χ3v) is 2.58. The van der Waals surface area contributed by atoms with Crippen LogP contribution in [0.1, 0.15) is 5.56 Å². The number of benzene rings is 1. The van der Waals surface area contributed by atoms with E-state index in [2.05, 4.69) is 21.2 Å².